The number of fused-ring (bicyclic) bond motifs is 2. The molecule has 0 radical (unpaired) electrons. The van der Waals surface area contributed by atoms with Crippen molar-refractivity contribution in [1.29, 1.82) is 0 Å². The van der Waals surface area contributed by atoms with Crippen molar-refractivity contribution < 1.29 is 33.4 Å². The summed E-state index contributed by atoms with van der Waals surface area (Å²) in [6.45, 7) is 0.0412. The van der Waals surface area contributed by atoms with Gasteiger partial charge in [-0.25, -0.2) is 4.98 Å². The highest BCUT2D eigenvalue weighted by atomic mass is 16.5. The SMILES string of the molecule is COc1ccc2c(c1)C(=O)N(C[C@@]1(c3cc4nc(N5C(=O)CC[C@@H]5CO)ccc4o3)CC(=O)NC1=O)C2. The summed E-state index contributed by atoms with van der Waals surface area (Å²) in [5, 5.41) is 12.0. The van der Waals surface area contributed by atoms with Crippen LogP contribution >= 0.6 is 0 Å². The number of nitrogens with one attached hydrogen (secondary N) is 1. The molecule has 190 valence electrons. The van der Waals surface area contributed by atoms with Crippen molar-refractivity contribution in [3.63, 3.8) is 0 Å². The second-order valence-corrected chi connectivity index (χ2v) is 9.62. The standard InChI is InChI=1S/C26H24N4O7/c1-36-16-4-2-14-11-29(24(34)17(14)8-16)13-26(10-22(32)28-25(26)35)20-9-18-19(37-20)5-6-21(27-18)30-15(12-31)3-7-23(30)33/h2,4-6,8-9,15,31H,3,7,10-13H2,1H3,(H,28,32,35)/t15-,26-/m1/s1. The first kappa shape index (κ1) is 23.2. The van der Waals surface area contributed by atoms with Crippen LogP contribution in [0.15, 0.2) is 40.8 Å². The van der Waals surface area contributed by atoms with E-state index >= 15 is 0 Å². The first-order chi connectivity index (χ1) is 17.8. The summed E-state index contributed by atoms with van der Waals surface area (Å²) < 4.78 is 11.3. The van der Waals surface area contributed by atoms with Gasteiger partial charge < -0.3 is 19.2 Å². The van der Waals surface area contributed by atoms with Crippen LogP contribution in [0.4, 0.5) is 5.82 Å². The quantitative estimate of drug-likeness (QED) is 0.478. The van der Waals surface area contributed by atoms with Crippen molar-refractivity contribution >= 4 is 40.5 Å². The molecule has 3 aliphatic heterocycles. The Morgan fingerprint density at radius 3 is 2.76 bits per heavy atom. The zero-order chi connectivity index (χ0) is 25.9. The van der Waals surface area contributed by atoms with Crippen LogP contribution in [0, 0.1) is 0 Å². The lowest BCUT2D eigenvalue weighted by molar-refractivity contribution is -0.127. The van der Waals surface area contributed by atoms with E-state index in [-0.39, 0.29) is 49.7 Å². The van der Waals surface area contributed by atoms with E-state index in [4.69, 9.17) is 9.15 Å². The first-order valence-corrected chi connectivity index (χ1v) is 12.0. The molecule has 5 heterocycles. The predicted molar refractivity (Wildman–Crippen MR) is 129 cm³/mol. The van der Waals surface area contributed by atoms with E-state index in [0.29, 0.717) is 41.1 Å². The molecular weight excluding hydrogens is 480 g/mol. The molecule has 11 nitrogen and oxygen atoms in total. The van der Waals surface area contributed by atoms with Crippen molar-refractivity contribution in [3.05, 3.63) is 53.3 Å². The highest BCUT2D eigenvalue weighted by Crippen LogP contribution is 2.39. The monoisotopic (exact) mass is 504 g/mol. The molecule has 0 unspecified atom stereocenters. The highest BCUT2D eigenvalue weighted by Gasteiger charge is 2.53. The molecular formula is C26H24N4O7. The molecule has 37 heavy (non-hydrogen) atoms. The topological polar surface area (TPSA) is 142 Å². The zero-order valence-electron chi connectivity index (χ0n) is 20.0. The van der Waals surface area contributed by atoms with Crippen LogP contribution in [0.5, 0.6) is 5.75 Å². The van der Waals surface area contributed by atoms with Gasteiger partial charge in [-0.05, 0) is 36.2 Å². The minimum absolute atomic E-state index is 0.0652. The summed E-state index contributed by atoms with van der Waals surface area (Å²) in [6, 6.07) is 9.75. The number of aliphatic hydroxyl groups is 1. The van der Waals surface area contributed by atoms with E-state index in [0.717, 1.165) is 5.56 Å². The summed E-state index contributed by atoms with van der Waals surface area (Å²) in [5.74, 6) is -0.261. The van der Waals surface area contributed by atoms with Gasteiger partial charge >= 0.3 is 0 Å². The Morgan fingerprint density at radius 1 is 1.19 bits per heavy atom. The van der Waals surface area contributed by atoms with E-state index in [9.17, 15) is 24.3 Å². The molecule has 3 aliphatic rings. The van der Waals surface area contributed by atoms with Crippen molar-refractivity contribution in [2.75, 3.05) is 25.2 Å². The van der Waals surface area contributed by atoms with Crippen LogP contribution in [-0.2, 0) is 26.3 Å². The van der Waals surface area contributed by atoms with Gasteiger partial charge in [-0.15, -0.1) is 0 Å². The molecule has 2 fully saturated rings. The number of hydrogen-bond acceptors (Lipinski definition) is 8. The lowest BCUT2D eigenvalue weighted by Crippen LogP contribution is -2.46. The third-order valence-electron chi connectivity index (χ3n) is 7.42. The van der Waals surface area contributed by atoms with Crippen LogP contribution in [0.2, 0.25) is 0 Å². The van der Waals surface area contributed by atoms with Gasteiger partial charge in [0.05, 0.1) is 26.2 Å². The largest absolute Gasteiger partial charge is 0.497 e. The molecule has 1 aromatic carbocycles. The third kappa shape index (κ3) is 3.57. The van der Waals surface area contributed by atoms with Gasteiger partial charge in [0.2, 0.25) is 17.7 Å². The molecule has 6 rings (SSSR count). The maximum Gasteiger partial charge on any atom is 0.254 e. The number of methoxy groups -OCH3 is 1. The number of carbonyl (C=O) groups excluding carboxylic acids is 4. The number of furan rings is 1. The van der Waals surface area contributed by atoms with Crippen molar-refractivity contribution in [2.45, 2.75) is 37.3 Å². The second-order valence-electron chi connectivity index (χ2n) is 9.62. The highest BCUT2D eigenvalue weighted by molar-refractivity contribution is 6.10. The number of aromatic nitrogens is 1. The third-order valence-corrected chi connectivity index (χ3v) is 7.42. The second kappa shape index (κ2) is 8.41. The molecule has 0 aliphatic carbocycles. The zero-order valence-corrected chi connectivity index (χ0v) is 20.0. The summed E-state index contributed by atoms with van der Waals surface area (Å²) in [4.78, 5) is 58.8. The van der Waals surface area contributed by atoms with Gasteiger partial charge in [-0.3, -0.25) is 29.4 Å². The van der Waals surface area contributed by atoms with Gasteiger partial charge in [0.1, 0.15) is 28.3 Å². The number of amides is 4. The minimum Gasteiger partial charge on any atom is -0.497 e. The number of anilines is 1. The number of imide groups is 1. The molecule has 4 amide bonds. The molecule has 2 aromatic heterocycles. The molecule has 0 spiro atoms. The fraction of sp³-hybridized carbons (Fsp3) is 0.346. The molecule has 0 bridgehead atoms. The van der Waals surface area contributed by atoms with Gasteiger partial charge in [0, 0.05) is 31.1 Å². The van der Waals surface area contributed by atoms with Crippen molar-refractivity contribution in [2.24, 2.45) is 0 Å². The smallest absolute Gasteiger partial charge is 0.254 e. The van der Waals surface area contributed by atoms with E-state index < -0.39 is 17.2 Å². The van der Waals surface area contributed by atoms with Crippen LogP contribution < -0.4 is 15.0 Å². The van der Waals surface area contributed by atoms with Gasteiger partial charge in [0.15, 0.2) is 5.58 Å². The molecule has 0 saturated carbocycles. The van der Waals surface area contributed by atoms with Crippen LogP contribution in [-0.4, -0.2) is 64.9 Å². The molecule has 3 aromatic rings. The fourth-order valence-electron chi connectivity index (χ4n) is 5.48. The molecule has 2 saturated heterocycles. The van der Waals surface area contributed by atoms with Crippen molar-refractivity contribution in [3.8, 4) is 5.75 Å². The maximum atomic E-state index is 13.2. The summed E-state index contributed by atoms with van der Waals surface area (Å²) >= 11 is 0. The summed E-state index contributed by atoms with van der Waals surface area (Å²) in [6.07, 6.45) is 0.680. The van der Waals surface area contributed by atoms with Crippen molar-refractivity contribution in [1.82, 2.24) is 15.2 Å². The normalized spacial score (nSPS) is 23.4. The Balaban J connectivity index is 1.36. The molecule has 2 atom stereocenters. The van der Waals surface area contributed by atoms with Gasteiger partial charge in [-0.2, -0.15) is 0 Å². The number of hydrogen-bond donors (Lipinski definition) is 2. The summed E-state index contributed by atoms with van der Waals surface area (Å²) in [5.41, 5.74) is 0.630. The average Bonchev–Trinajstić information content (AvgIpc) is 3.63. The number of nitrogens with zero attached hydrogens (tertiary/aromatic N) is 3. The van der Waals surface area contributed by atoms with Gasteiger partial charge in [0.25, 0.3) is 5.91 Å². The Morgan fingerprint density at radius 2 is 2.03 bits per heavy atom. The van der Waals surface area contributed by atoms with Crippen LogP contribution in [0.3, 0.4) is 0 Å². The molecule has 11 heteroatoms. The average molecular weight is 504 g/mol. The number of ether oxygens (including phenoxy) is 1. The Bertz CT molecular complexity index is 1480. The minimum atomic E-state index is -1.43. The predicted octanol–water partition coefficient (Wildman–Crippen LogP) is 1.26. The Labute approximate surface area is 211 Å². The lowest BCUT2D eigenvalue weighted by Gasteiger charge is -2.28. The number of aliphatic hydroxyl groups excluding tert-OH is 1. The van der Waals surface area contributed by atoms with E-state index in [2.05, 4.69) is 10.3 Å². The van der Waals surface area contributed by atoms with E-state index in [1.165, 1.54) is 16.9 Å². The lowest BCUT2D eigenvalue weighted by atomic mass is 9.82. The Hall–Kier alpha value is -4.25. The Kier molecular flexibility index (Phi) is 5.27. The van der Waals surface area contributed by atoms with Crippen LogP contribution in [0.25, 0.3) is 11.1 Å². The number of rotatable bonds is 6. The number of carbonyl (C=O) groups is 4. The number of pyridine rings is 1. The summed E-state index contributed by atoms with van der Waals surface area (Å²) in [7, 11) is 1.52. The number of benzene rings is 1. The van der Waals surface area contributed by atoms with Crippen LogP contribution in [0.1, 0.15) is 40.9 Å². The molecule has 2 N–H and O–H groups in total. The first-order valence-electron chi connectivity index (χ1n) is 12.0. The maximum absolute atomic E-state index is 13.2. The van der Waals surface area contributed by atoms with E-state index in [1.807, 2.05) is 6.07 Å². The van der Waals surface area contributed by atoms with Gasteiger partial charge in [-0.1, -0.05) is 6.07 Å². The van der Waals surface area contributed by atoms with E-state index in [1.54, 1.807) is 30.3 Å². The fourth-order valence-corrected chi connectivity index (χ4v) is 5.48.